The lowest BCUT2D eigenvalue weighted by atomic mass is 10.2. The van der Waals surface area contributed by atoms with Gasteiger partial charge in [0.1, 0.15) is 0 Å². The average molecular weight is 522 g/mol. The zero-order chi connectivity index (χ0) is 27.2. The van der Waals surface area contributed by atoms with Gasteiger partial charge in [0.15, 0.2) is 5.96 Å². The first-order chi connectivity index (χ1) is 17.7. The van der Waals surface area contributed by atoms with Crippen molar-refractivity contribution in [2.45, 2.75) is 13.5 Å². The van der Waals surface area contributed by atoms with Crippen molar-refractivity contribution in [3.63, 3.8) is 0 Å². The van der Waals surface area contributed by atoms with E-state index in [1.165, 1.54) is 9.80 Å². The Kier molecular flexibility index (Phi) is 11.7. The zero-order valence-electron chi connectivity index (χ0n) is 20.8. The number of benzene rings is 1. The highest BCUT2D eigenvalue weighted by Crippen LogP contribution is 2.12. The summed E-state index contributed by atoms with van der Waals surface area (Å²) >= 11 is 0. The molecular formula is C22H35N9O6. The summed E-state index contributed by atoms with van der Waals surface area (Å²) in [6.45, 7) is 6.67. The summed E-state index contributed by atoms with van der Waals surface area (Å²) in [6.07, 6.45) is -2.21. The van der Waals surface area contributed by atoms with Gasteiger partial charge in [-0.2, -0.15) is 0 Å². The number of nitrogens with two attached hydrogens (primary N) is 2. The number of piperazine rings is 2. The van der Waals surface area contributed by atoms with Crippen LogP contribution in [-0.2, 0) is 11.3 Å². The zero-order valence-corrected chi connectivity index (χ0v) is 20.8. The smallest absolute Gasteiger partial charge is 0.418 e. The molecule has 5 amide bonds. The summed E-state index contributed by atoms with van der Waals surface area (Å²) in [4.78, 5) is 53.4. The largest absolute Gasteiger partial charge is 0.465 e. The second kappa shape index (κ2) is 15.0. The number of rotatable bonds is 4. The van der Waals surface area contributed by atoms with Gasteiger partial charge in [-0.1, -0.05) is 12.1 Å². The van der Waals surface area contributed by atoms with Gasteiger partial charge in [-0.05, 0) is 24.6 Å². The molecule has 8 N–H and O–H groups in total. The van der Waals surface area contributed by atoms with Crippen LogP contribution in [0.2, 0.25) is 0 Å². The minimum Gasteiger partial charge on any atom is -0.465 e. The molecular weight excluding hydrogens is 486 g/mol. The normalized spacial score (nSPS) is 15.0. The third-order valence-corrected chi connectivity index (χ3v) is 5.35. The third-order valence-electron chi connectivity index (χ3n) is 5.35. The summed E-state index contributed by atoms with van der Waals surface area (Å²) in [7, 11) is 0. The Balaban J connectivity index is 0.000000294. The highest BCUT2D eigenvalue weighted by Gasteiger charge is 2.23. The molecule has 2 aliphatic heterocycles. The van der Waals surface area contributed by atoms with Gasteiger partial charge in [-0.3, -0.25) is 0 Å². The third kappa shape index (κ3) is 10.5. The van der Waals surface area contributed by atoms with Gasteiger partial charge in [-0.25, -0.2) is 24.2 Å². The van der Waals surface area contributed by atoms with Gasteiger partial charge < -0.3 is 52.0 Å². The molecule has 0 bridgehead atoms. The number of guanidine groups is 1. The number of carbonyl (C=O) groups excluding carboxylic acids is 3. The molecule has 2 heterocycles. The van der Waals surface area contributed by atoms with E-state index in [9.17, 15) is 19.2 Å². The maximum absolute atomic E-state index is 12.1. The molecule has 15 heteroatoms. The number of nitrogens with one attached hydrogen (secondary N) is 3. The van der Waals surface area contributed by atoms with Crippen LogP contribution in [0.3, 0.4) is 0 Å². The molecule has 2 fully saturated rings. The number of urea groups is 1. The summed E-state index contributed by atoms with van der Waals surface area (Å²) < 4.78 is 4.54. The van der Waals surface area contributed by atoms with Gasteiger partial charge in [0.25, 0.3) is 0 Å². The molecule has 0 aliphatic carbocycles. The number of nitrogens with zero attached hydrogens (tertiary/aromatic N) is 4. The van der Waals surface area contributed by atoms with Gasteiger partial charge in [-0.15, -0.1) is 0 Å². The molecule has 1 aromatic carbocycles. The molecule has 0 spiro atoms. The predicted octanol–water partition coefficient (Wildman–Crippen LogP) is -0.146. The van der Waals surface area contributed by atoms with Crippen molar-refractivity contribution in [3.8, 4) is 0 Å². The minimum absolute atomic E-state index is 0.00782. The number of ether oxygens (including phenoxy) is 1. The number of aliphatic imine (C=N–C) groups is 1. The number of alkyl carbamates (subject to hydrolysis) is 1. The molecule has 204 valence electrons. The van der Waals surface area contributed by atoms with E-state index < -0.39 is 18.3 Å². The fourth-order valence-electron chi connectivity index (χ4n) is 3.40. The maximum Gasteiger partial charge on any atom is 0.418 e. The monoisotopic (exact) mass is 521 g/mol. The van der Waals surface area contributed by atoms with E-state index in [-0.39, 0.29) is 12.0 Å². The fourth-order valence-corrected chi connectivity index (χ4v) is 3.40. The standard InChI is InChI=1S/C14H20N6O3.C8H15N3O3/c15-12(16)18-11-3-1-10(2-4-11)9-17-13(21)19-5-7-20(8-6-19)14(22)23;1-2-10-7(12)14-8(13)11-5-3-9-4-6-11/h1-4H,5-9H2,(H,17,21)(H,22,23)(H4,15,16,18);9H,2-6H2,1H3,(H,10,12). The number of hydrogen-bond donors (Lipinski definition) is 6. The fraction of sp³-hybridized carbons (Fsp3) is 0.500. The Morgan fingerprint density at radius 2 is 1.54 bits per heavy atom. The molecule has 1 aromatic rings. The lowest BCUT2D eigenvalue weighted by molar-refractivity contribution is 0.111. The lowest BCUT2D eigenvalue weighted by Crippen LogP contribution is -2.52. The van der Waals surface area contributed by atoms with Crippen LogP contribution in [-0.4, -0.2) is 109 Å². The topological polar surface area (TPSA) is 208 Å². The summed E-state index contributed by atoms with van der Waals surface area (Å²) in [5.74, 6) is -0.00782. The van der Waals surface area contributed by atoms with Crippen molar-refractivity contribution in [1.29, 1.82) is 0 Å². The highest BCUT2D eigenvalue weighted by atomic mass is 16.6. The summed E-state index contributed by atoms with van der Waals surface area (Å²) in [5, 5.41) is 17.2. The molecule has 0 atom stereocenters. The van der Waals surface area contributed by atoms with Crippen molar-refractivity contribution < 1.29 is 29.0 Å². The van der Waals surface area contributed by atoms with Gasteiger partial charge in [0.05, 0.1) is 5.69 Å². The van der Waals surface area contributed by atoms with Crippen LogP contribution in [0.4, 0.5) is 24.9 Å². The van der Waals surface area contributed by atoms with E-state index in [2.05, 4.69) is 25.7 Å². The Morgan fingerprint density at radius 3 is 2.08 bits per heavy atom. The van der Waals surface area contributed by atoms with Crippen molar-refractivity contribution >= 4 is 36.0 Å². The van der Waals surface area contributed by atoms with E-state index in [0.717, 1.165) is 18.7 Å². The molecule has 2 aliphatic rings. The molecule has 3 rings (SSSR count). The Labute approximate surface area is 214 Å². The van der Waals surface area contributed by atoms with E-state index in [1.54, 1.807) is 24.0 Å². The second-order valence-corrected chi connectivity index (χ2v) is 8.04. The van der Waals surface area contributed by atoms with E-state index in [1.807, 2.05) is 12.1 Å². The van der Waals surface area contributed by atoms with Crippen LogP contribution < -0.4 is 27.4 Å². The minimum atomic E-state index is -0.953. The van der Waals surface area contributed by atoms with Crippen LogP contribution in [0.1, 0.15) is 12.5 Å². The SMILES string of the molecule is CCNC(=O)OC(=O)N1CCNCC1.NC(N)=Nc1ccc(CNC(=O)N2CCN(C(=O)O)CC2)cc1. The molecule has 0 saturated carbocycles. The predicted molar refractivity (Wildman–Crippen MR) is 135 cm³/mol. The van der Waals surface area contributed by atoms with Crippen LogP contribution in [0, 0.1) is 0 Å². The summed E-state index contributed by atoms with van der Waals surface area (Å²) in [5.41, 5.74) is 12.2. The number of carboxylic acid groups (broad SMARTS) is 1. The average Bonchev–Trinajstić information content (AvgIpc) is 2.89. The Bertz CT molecular complexity index is 938. The number of amides is 5. The van der Waals surface area contributed by atoms with Gasteiger partial charge in [0, 0.05) is 65.4 Å². The summed E-state index contributed by atoms with van der Waals surface area (Å²) in [6, 6.07) is 6.96. The van der Waals surface area contributed by atoms with Gasteiger partial charge in [0.2, 0.25) is 0 Å². The number of hydrogen-bond acceptors (Lipinski definition) is 7. The van der Waals surface area contributed by atoms with Crippen LogP contribution in [0.5, 0.6) is 0 Å². The highest BCUT2D eigenvalue weighted by molar-refractivity contribution is 5.83. The lowest BCUT2D eigenvalue weighted by Gasteiger charge is -2.33. The molecule has 15 nitrogen and oxygen atoms in total. The first-order valence-electron chi connectivity index (χ1n) is 11.8. The van der Waals surface area contributed by atoms with Crippen molar-refractivity contribution in [2.24, 2.45) is 16.5 Å². The second-order valence-electron chi connectivity index (χ2n) is 8.04. The molecule has 0 aromatic heterocycles. The van der Waals surface area contributed by atoms with Crippen LogP contribution in [0.25, 0.3) is 0 Å². The van der Waals surface area contributed by atoms with E-state index in [0.29, 0.717) is 58.0 Å². The molecule has 0 radical (unpaired) electrons. The van der Waals surface area contributed by atoms with Crippen LogP contribution >= 0.6 is 0 Å². The molecule has 0 unspecified atom stereocenters. The Hall–Kier alpha value is -4.27. The van der Waals surface area contributed by atoms with Crippen LogP contribution in [0.15, 0.2) is 29.3 Å². The van der Waals surface area contributed by atoms with Crippen molar-refractivity contribution in [1.82, 2.24) is 30.7 Å². The van der Waals surface area contributed by atoms with Crippen molar-refractivity contribution in [3.05, 3.63) is 29.8 Å². The molecule has 37 heavy (non-hydrogen) atoms. The van der Waals surface area contributed by atoms with E-state index >= 15 is 0 Å². The van der Waals surface area contributed by atoms with E-state index in [4.69, 9.17) is 16.6 Å². The number of carbonyl (C=O) groups is 4. The van der Waals surface area contributed by atoms with Gasteiger partial charge >= 0.3 is 24.3 Å². The Morgan fingerprint density at radius 1 is 0.946 bits per heavy atom. The first kappa shape index (κ1) is 29.0. The van der Waals surface area contributed by atoms with Crippen molar-refractivity contribution in [2.75, 3.05) is 58.9 Å². The molecule has 2 saturated heterocycles. The maximum atomic E-state index is 12.1. The quantitative estimate of drug-likeness (QED) is 0.177. The first-order valence-corrected chi connectivity index (χ1v) is 11.8.